The summed E-state index contributed by atoms with van der Waals surface area (Å²) in [5, 5.41) is 1.35. The van der Waals surface area contributed by atoms with Gasteiger partial charge in [0.15, 0.2) is 0 Å². The number of methoxy groups -OCH3 is 2. The highest BCUT2D eigenvalue weighted by molar-refractivity contribution is 9.09. The summed E-state index contributed by atoms with van der Waals surface area (Å²) in [7, 11) is 3.31. The molecule has 0 spiro atoms. The maximum Gasteiger partial charge on any atom is 0.118 e. The molecule has 2 aromatic rings. The number of hydrogen-bond donors (Lipinski definition) is 0. The van der Waals surface area contributed by atoms with Gasteiger partial charge in [-0.25, -0.2) is 0 Å². The average molecular weight is 368 g/mol. The fraction of sp³-hybridized carbons (Fsp3) is 0.176. The second kappa shape index (κ2) is 7.53. The van der Waals surface area contributed by atoms with E-state index in [1.807, 2.05) is 48.5 Å². The van der Waals surface area contributed by atoms with Gasteiger partial charge in [0.25, 0.3) is 0 Å². The molecule has 0 bridgehead atoms. The monoisotopic (exact) mass is 366 g/mol. The molecule has 0 heterocycles. The van der Waals surface area contributed by atoms with Gasteiger partial charge in [-0.3, -0.25) is 0 Å². The first-order chi connectivity index (χ1) is 10.2. The number of rotatable bonds is 5. The molecule has 0 aromatic heterocycles. The SMILES string of the molecule is COc1ccc(C(=C(Cl)CBr)c2ccc(OC)cc2)cc1. The first kappa shape index (κ1) is 15.9. The van der Waals surface area contributed by atoms with E-state index < -0.39 is 0 Å². The minimum Gasteiger partial charge on any atom is -0.497 e. The molecule has 0 amide bonds. The molecule has 0 fully saturated rings. The van der Waals surface area contributed by atoms with Gasteiger partial charge >= 0.3 is 0 Å². The second-order valence-corrected chi connectivity index (χ2v) is 5.39. The molecule has 0 aliphatic carbocycles. The normalized spacial score (nSPS) is 10.1. The highest BCUT2D eigenvalue weighted by atomic mass is 79.9. The van der Waals surface area contributed by atoms with Gasteiger partial charge in [0.1, 0.15) is 11.5 Å². The van der Waals surface area contributed by atoms with Crippen LogP contribution in [0.15, 0.2) is 53.6 Å². The first-order valence-corrected chi connectivity index (χ1v) is 7.93. The number of halogens is 2. The third-order valence-corrected chi connectivity index (χ3v) is 4.35. The predicted molar refractivity (Wildman–Crippen MR) is 91.7 cm³/mol. The van der Waals surface area contributed by atoms with Crippen molar-refractivity contribution in [1.82, 2.24) is 0 Å². The van der Waals surface area contributed by atoms with Gasteiger partial charge in [0.05, 0.1) is 14.2 Å². The molecule has 110 valence electrons. The largest absolute Gasteiger partial charge is 0.497 e. The van der Waals surface area contributed by atoms with E-state index in [9.17, 15) is 0 Å². The molecule has 0 aliphatic heterocycles. The second-order valence-electron chi connectivity index (χ2n) is 4.37. The van der Waals surface area contributed by atoms with Gasteiger partial charge in [-0.2, -0.15) is 0 Å². The quantitative estimate of drug-likeness (QED) is 0.685. The van der Waals surface area contributed by atoms with Gasteiger partial charge < -0.3 is 9.47 Å². The van der Waals surface area contributed by atoms with E-state index >= 15 is 0 Å². The number of ether oxygens (including phenoxy) is 2. The Bertz CT molecular complexity index is 569. The summed E-state index contributed by atoms with van der Waals surface area (Å²) in [6.07, 6.45) is 0. The van der Waals surface area contributed by atoms with E-state index in [2.05, 4.69) is 15.9 Å². The molecule has 0 radical (unpaired) electrons. The van der Waals surface area contributed by atoms with Crippen LogP contribution in [-0.2, 0) is 0 Å². The van der Waals surface area contributed by atoms with E-state index in [0.717, 1.165) is 33.2 Å². The van der Waals surface area contributed by atoms with Crippen LogP contribution in [-0.4, -0.2) is 19.5 Å². The molecule has 21 heavy (non-hydrogen) atoms. The molecule has 0 atom stereocenters. The van der Waals surface area contributed by atoms with Gasteiger partial charge in [0.2, 0.25) is 0 Å². The lowest BCUT2D eigenvalue weighted by Crippen LogP contribution is -1.93. The summed E-state index contributed by atoms with van der Waals surface area (Å²) in [5.74, 6) is 1.64. The topological polar surface area (TPSA) is 18.5 Å². The lowest BCUT2D eigenvalue weighted by molar-refractivity contribution is 0.414. The molecular formula is C17H16BrClO2. The molecule has 4 heteroatoms. The Morgan fingerprint density at radius 3 is 1.52 bits per heavy atom. The standard InChI is InChI=1S/C17H16BrClO2/c1-20-14-7-3-12(4-8-14)17(16(19)11-18)13-5-9-15(21-2)10-6-13/h3-10H,11H2,1-2H3. The van der Waals surface area contributed by atoms with Crippen molar-refractivity contribution in [3.8, 4) is 11.5 Å². The van der Waals surface area contributed by atoms with Crippen LogP contribution in [0, 0.1) is 0 Å². The van der Waals surface area contributed by atoms with Gasteiger partial charge in [0, 0.05) is 15.9 Å². The Morgan fingerprint density at radius 2 is 1.24 bits per heavy atom. The van der Waals surface area contributed by atoms with Crippen molar-refractivity contribution in [3.63, 3.8) is 0 Å². The molecular weight excluding hydrogens is 352 g/mol. The fourth-order valence-corrected chi connectivity index (χ4v) is 2.56. The fourth-order valence-electron chi connectivity index (χ4n) is 2.06. The van der Waals surface area contributed by atoms with E-state index in [1.165, 1.54) is 0 Å². The third kappa shape index (κ3) is 3.80. The number of alkyl halides is 1. The molecule has 0 aliphatic rings. The molecule has 0 N–H and O–H groups in total. The maximum absolute atomic E-state index is 6.42. The van der Waals surface area contributed by atoms with Crippen molar-refractivity contribution >= 4 is 33.1 Å². The van der Waals surface area contributed by atoms with Crippen molar-refractivity contribution < 1.29 is 9.47 Å². The Kier molecular flexibility index (Phi) is 5.71. The molecule has 2 aromatic carbocycles. The zero-order valence-corrected chi connectivity index (χ0v) is 14.2. The lowest BCUT2D eigenvalue weighted by Gasteiger charge is -2.12. The highest BCUT2D eigenvalue weighted by Crippen LogP contribution is 2.31. The van der Waals surface area contributed by atoms with Gasteiger partial charge in [-0.05, 0) is 35.4 Å². The third-order valence-electron chi connectivity index (χ3n) is 3.15. The minimum absolute atomic E-state index is 0.599. The van der Waals surface area contributed by atoms with Crippen LogP contribution >= 0.6 is 27.5 Å². The van der Waals surface area contributed by atoms with E-state index in [4.69, 9.17) is 21.1 Å². The molecule has 2 rings (SSSR count). The van der Waals surface area contributed by atoms with Crippen molar-refractivity contribution in [3.05, 3.63) is 64.7 Å². The van der Waals surface area contributed by atoms with E-state index in [0.29, 0.717) is 5.33 Å². The van der Waals surface area contributed by atoms with Crippen molar-refractivity contribution in [1.29, 1.82) is 0 Å². The molecule has 0 saturated heterocycles. The number of benzene rings is 2. The zero-order chi connectivity index (χ0) is 15.2. The van der Waals surface area contributed by atoms with Crippen LogP contribution in [0.25, 0.3) is 5.57 Å². The molecule has 0 unspecified atom stereocenters. The highest BCUT2D eigenvalue weighted by Gasteiger charge is 2.10. The first-order valence-electron chi connectivity index (χ1n) is 6.43. The summed E-state index contributed by atoms with van der Waals surface area (Å²) < 4.78 is 10.4. The number of hydrogen-bond acceptors (Lipinski definition) is 2. The van der Waals surface area contributed by atoms with Gasteiger partial charge in [-0.1, -0.05) is 51.8 Å². The Labute approximate surface area is 138 Å². The van der Waals surface area contributed by atoms with Gasteiger partial charge in [-0.15, -0.1) is 0 Å². The van der Waals surface area contributed by atoms with Crippen molar-refractivity contribution in [2.75, 3.05) is 19.5 Å². The Balaban J connectivity index is 2.47. The van der Waals surface area contributed by atoms with E-state index in [1.54, 1.807) is 14.2 Å². The summed E-state index contributed by atoms with van der Waals surface area (Å²) >= 11 is 9.84. The van der Waals surface area contributed by atoms with E-state index in [-0.39, 0.29) is 0 Å². The summed E-state index contributed by atoms with van der Waals surface area (Å²) in [6.45, 7) is 0. The Hall–Kier alpha value is -1.45. The average Bonchev–Trinajstić information content (AvgIpc) is 2.56. The molecule has 2 nitrogen and oxygen atoms in total. The molecule has 0 saturated carbocycles. The smallest absolute Gasteiger partial charge is 0.118 e. The van der Waals surface area contributed by atoms with Crippen LogP contribution < -0.4 is 9.47 Å². The predicted octanol–water partition coefficient (Wildman–Crippen LogP) is 5.10. The Morgan fingerprint density at radius 1 is 0.857 bits per heavy atom. The summed E-state index contributed by atoms with van der Waals surface area (Å²) in [6, 6.07) is 15.7. The summed E-state index contributed by atoms with van der Waals surface area (Å²) in [5.41, 5.74) is 3.09. The van der Waals surface area contributed by atoms with Crippen LogP contribution in [0.5, 0.6) is 11.5 Å². The minimum atomic E-state index is 0.599. The zero-order valence-electron chi connectivity index (χ0n) is 11.9. The number of allylic oxidation sites excluding steroid dienone is 1. The summed E-state index contributed by atoms with van der Waals surface area (Å²) in [4.78, 5) is 0. The van der Waals surface area contributed by atoms with Crippen LogP contribution in [0.2, 0.25) is 0 Å². The van der Waals surface area contributed by atoms with Crippen molar-refractivity contribution in [2.45, 2.75) is 0 Å². The maximum atomic E-state index is 6.42. The van der Waals surface area contributed by atoms with Crippen molar-refractivity contribution in [2.24, 2.45) is 0 Å². The van der Waals surface area contributed by atoms with Crippen LogP contribution in [0.3, 0.4) is 0 Å². The van der Waals surface area contributed by atoms with Crippen LogP contribution in [0.1, 0.15) is 11.1 Å². The lowest BCUT2D eigenvalue weighted by atomic mass is 9.97. The van der Waals surface area contributed by atoms with Crippen LogP contribution in [0.4, 0.5) is 0 Å².